The van der Waals surface area contributed by atoms with Crippen molar-refractivity contribution in [2.75, 3.05) is 0 Å². The molecule has 0 aromatic carbocycles. The second-order valence-corrected chi connectivity index (χ2v) is 10.6. The van der Waals surface area contributed by atoms with E-state index < -0.39 is 5.97 Å². The Balaban J connectivity index is 0.000000281. The fraction of sp³-hybridized carbons (Fsp3) is 0.885. The summed E-state index contributed by atoms with van der Waals surface area (Å²) in [6, 6.07) is 0. The molecule has 1 N–H and O–H groups in total. The first kappa shape index (κ1) is 27.8. The molecule has 3 nitrogen and oxygen atoms in total. The second-order valence-electron chi connectivity index (χ2n) is 10.6. The Morgan fingerprint density at radius 1 is 0.633 bits per heavy atom. The molecule has 4 fully saturated rings. The van der Waals surface area contributed by atoms with Gasteiger partial charge in [0.1, 0.15) is 5.78 Å². The van der Waals surface area contributed by atoms with Gasteiger partial charge in [-0.2, -0.15) is 0 Å². The predicted molar refractivity (Wildman–Crippen MR) is 120 cm³/mol. The first-order valence-corrected chi connectivity index (χ1v) is 12.2. The van der Waals surface area contributed by atoms with Gasteiger partial charge in [-0.3, -0.25) is 9.59 Å². The Kier molecular flexibility index (Phi) is 11.7. The Morgan fingerprint density at radius 2 is 0.967 bits per heavy atom. The molecule has 0 amide bonds. The summed E-state index contributed by atoms with van der Waals surface area (Å²) in [5.74, 6) is 0.219. The number of carbonyl (C=O) groups is 2. The maximum atomic E-state index is 11.3. The standard InChI is InChI=1S/C13H22O.C12H20O2.CH3.Li/c1-11(14)12-5-9-13(10-6-12)7-3-2-4-8-13;13-11(14)10-4-8-12(9-5-10)6-2-1-3-7-12;;/h12H,2-10H2,1H3;10H,1-9H2,(H,13,14);1H3;/q;;-1;+1. The molecular formula is C26H45LiO3. The average Bonchev–Trinajstić information content (AvgIpc) is 2.70. The monoisotopic (exact) mass is 412 g/mol. The molecule has 0 saturated heterocycles. The molecule has 4 aliphatic rings. The summed E-state index contributed by atoms with van der Waals surface area (Å²) in [4.78, 5) is 22.1. The van der Waals surface area contributed by atoms with E-state index >= 15 is 0 Å². The predicted octanol–water partition coefficient (Wildman–Crippen LogP) is 4.38. The van der Waals surface area contributed by atoms with Gasteiger partial charge in [0, 0.05) is 5.92 Å². The third kappa shape index (κ3) is 7.41. The van der Waals surface area contributed by atoms with Gasteiger partial charge in [-0.15, -0.1) is 0 Å². The van der Waals surface area contributed by atoms with E-state index in [4.69, 9.17) is 5.11 Å². The number of carbonyl (C=O) groups excluding carboxylic acids is 1. The van der Waals surface area contributed by atoms with Crippen molar-refractivity contribution in [2.45, 2.75) is 122 Å². The minimum absolute atomic E-state index is 0. The van der Waals surface area contributed by atoms with Crippen molar-refractivity contribution in [3.63, 3.8) is 0 Å². The van der Waals surface area contributed by atoms with Gasteiger partial charge in [0.05, 0.1) is 5.92 Å². The number of aliphatic carboxylic acids is 1. The van der Waals surface area contributed by atoms with Crippen LogP contribution >= 0.6 is 0 Å². The van der Waals surface area contributed by atoms with Crippen LogP contribution in [0.5, 0.6) is 0 Å². The topological polar surface area (TPSA) is 54.4 Å². The molecule has 4 saturated carbocycles. The molecule has 0 radical (unpaired) electrons. The third-order valence-electron chi connectivity index (χ3n) is 8.85. The van der Waals surface area contributed by atoms with Crippen molar-refractivity contribution in [1.82, 2.24) is 0 Å². The maximum absolute atomic E-state index is 11.3. The van der Waals surface area contributed by atoms with E-state index in [9.17, 15) is 9.59 Å². The number of ketones is 1. The summed E-state index contributed by atoms with van der Waals surface area (Å²) in [6.45, 7) is 1.77. The quantitative estimate of drug-likeness (QED) is 0.541. The Labute approximate surface area is 197 Å². The molecule has 0 heterocycles. The van der Waals surface area contributed by atoms with Crippen molar-refractivity contribution in [1.29, 1.82) is 0 Å². The van der Waals surface area contributed by atoms with Crippen molar-refractivity contribution < 1.29 is 33.6 Å². The zero-order valence-electron chi connectivity index (χ0n) is 20.1. The third-order valence-corrected chi connectivity index (χ3v) is 8.85. The average molecular weight is 413 g/mol. The molecule has 168 valence electrons. The fourth-order valence-corrected chi connectivity index (χ4v) is 6.72. The van der Waals surface area contributed by atoms with Crippen molar-refractivity contribution >= 4 is 11.8 Å². The van der Waals surface area contributed by atoms with Crippen LogP contribution in [0, 0.1) is 30.1 Å². The molecule has 4 rings (SSSR count). The molecule has 2 spiro atoms. The number of Topliss-reactive ketones (excluding diaryl/α,β-unsaturated/α-hetero) is 1. The molecule has 0 atom stereocenters. The Hall–Kier alpha value is -0.263. The van der Waals surface area contributed by atoms with Gasteiger partial charge >= 0.3 is 24.8 Å². The molecule has 0 aromatic heterocycles. The number of hydrogen-bond acceptors (Lipinski definition) is 2. The van der Waals surface area contributed by atoms with Gasteiger partial charge in [0.15, 0.2) is 0 Å². The SMILES string of the molecule is CC(=O)C1CCC2(CCCCC2)CC1.O=C(O)C1CCC2(CCCCC2)CC1.[CH3-].[Li+]. The molecule has 0 bridgehead atoms. The minimum Gasteiger partial charge on any atom is -0.481 e. The van der Waals surface area contributed by atoms with Gasteiger partial charge in [-0.05, 0) is 94.8 Å². The van der Waals surface area contributed by atoms with Crippen LogP contribution in [0.4, 0.5) is 0 Å². The number of hydrogen-bond donors (Lipinski definition) is 1. The zero-order chi connectivity index (χ0) is 20.0. The van der Waals surface area contributed by atoms with E-state index in [2.05, 4.69) is 0 Å². The normalized spacial score (nSPS) is 27.7. The van der Waals surface area contributed by atoms with Crippen LogP contribution in [0.15, 0.2) is 0 Å². The summed E-state index contributed by atoms with van der Waals surface area (Å²) in [7, 11) is 0. The van der Waals surface area contributed by atoms with Crippen LogP contribution in [0.3, 0.4) is 0 Å². The minimum atomic E-state index is -0.573. The van der Waals surface area contributed by atoms with E-state index in [1.165, 1.54) is 103 Å². The van der Waals surface area contributed by atoms with Crippen molar-refractivity contribution in [3.8, 4) is 0 Å². The largest absolute Gasteiger partial charge is 1.00 e. The van der Waals surface area contributed by atoms with E-state index in [-0.39, 0.29) is 32.2 Å². The second kappa shape index (κ2) is 12.7. The first-order valence-electron chi connectivity index (χ1n) is 12.2. The number of carboxylic acids is 1. The van der Waals surface area contributed by atoms with E-state index in [0.29, 0.717) is 22.5 Å². The van der Waals surface area contributed by atoms with Gasteiger partial charge < -0.3 is 12.5 Å². The summed E-state index contributed by atoms with van der Waals surface area (Å²) >= 11 is 0. The van der Waals surface area contributed by atoms with Crippen LogP contribution in [0.2, 0.25) is 0 Å². The van der Waals surface area contributed by atoms with E-state index in [1.807, 2.05) is 0 Å². The van der Waals surface area contributed by atoms with Crippen molar-refractivity contribution in [2.24, 2.45) is 22.7 Å². The first-order chi connectivity index (χ1) is 13.4. The van der Waals surface area contributed by atoms with E-state index in [1.54, 1.807) is 6.92 Å². The summed E-state index contributed by atoms with van der Waals surface area (Å²) < 4.78 is 0. The van der Waals surface area contributed by atoms with Crippen LogP contribution < -0.4 is 18.9 Å². The zero-order valence-corrected chi connectivity index (χ0v) is 20.1. The van der Waals surface area contributed by atoms with Crippen LogP contribution in [0.25, 0.3) is 0 Å². The molecular weight excluding hydrogens is 367 g/mol. The van der Waals surface area contributed by atoms with Crippen LogP contribution in [-0.2, 0) is 9.59 Å². The van der Waals surface area contributed by atoms with E-state index in [0.717, 1.165) is 12.8 Å². The molecule has 4 heteroatoms. The molecule has 4 aliphatic carbocycles. The maximum Gasteiger partial charge on any atom is 1.00 e. The van der Waals surface area contributed by atoms with Gasteiger partial charge in [0.2, 0.25) is 0 Å². The summed E-state index contributed by atoms with van der Waals surface area (Å²) in [5.41, 5.74) is 1.23. The summed E-state index contributed by atoms with van der Waals surface area (Å²) in [6.07, 6.45) is 23.3. The number of rotatable bonds is 2. The smallest absolute Gasteiger partial charge is 0.481 e. The van der Waals surface area contributed by atoms with Crippen LogP contribution in [0.1, 0.15) is 122 Å². The van der Waals surface area contributed by atoms with Gasteiger partial charge in [-0.1, -0.05) is 38.5 Å². The van der Waals surface area contributed by atoms with Crippen molar-refractivity contribution in [3.05, 3.63) is 7.43 Å². The molecule has 30 heavy (non-hydrogen) atoms. The Bertz CT molecular complexity index is 464. The van der Waals surface area contributed by atoms with Crippen LogP contribution in [-0.4, -0.2) is 16.9 Å². The summed E-state index contributed by atoms with van der Waals surface area (Å²) in [5, 5.41) is 8.93. The fourth-order valence-electron chi connectivity index (χ4n) is 6.72. The molecule has 0 aliphatic heterocycles. The molecule has 0 unspecified atom stereocenters. The number of carboxylic acid groups (broad SMARTS) is 1. The Morgan fingerprint density at radius 3 is 1.27 bits per heavy atom. The van der Waals surface area contributed by atoms with Gasteiger partial charge in [-0.25, -0.2) is 0 Å². The molecule has 0 aromatic rings. The van der Waals surface area contributed by atoms with Gasteiger partial charge in [0.25, 0.3) is 0 Å².